The van der Waals surface area contributed by atoms with Gasteiger partial charge in [-0.1, -0.05) is 61.5 Å². The smallest absolute Gasteiger partial charge is 0.0497 e. The molecule has 82 valence electrons. The molecule has 0 aliphatic carbocycles. The Balaban J connectivity index is 2.49. The van der Waals surface area contributed by atoms with Gasteiger partial charge in [0, 0.05) is 12.5 Å². The molecule has 2 rings (SSSR count). The first-order chi connectivity index (χ1) is 7.83. The van der Waals surface area contributed by atoms with Crippen molar-refractivity contribution in [1.29, 1.82) is 0 Å². The van der Waals surface area contributed by atoms with Gasteiger partial charge in [-0.15, -0.1) is 0 Å². The summed E-state index contributed by atoms with van der Waals surface area (Å²) in [5.41, 5.74) is 3.62. The maximum atomic E-state index is 9.26. The Kier molecular flexibility index (Phi) is 3.37. The summed E-state index contributed by atoms with van der Waals surface area (Å²) >= 11 is 0. The van der Waals surface area contributed by atoms with Crippen LogP contribution in [0.3, 0.4) is 0 Å². The Morgan fingerprint density at radius 3 is 2.25 bits per heavy atom. The minimum absolute atomic E-state index is 0.177. The molecule has 0 saturated heterocycles. The van der Waals surface area contributed by atoms with Gasteiger partial charge in [-0.3, -0.25) is 0 Å². The van der Waals surface area contributed by atoms with Crippen molar-refractivity contribution in [1.82, 2.24) is 0 Å². The zero-order chi connectivity index (χ0) is 11.4. The Morgan fingerprint density at radius 2 is 1.56 bits per heavy atom. The zero-order valence-electron chi connectivity index (χ0n) is 9.43. The van der Waals surface area contributed by atoms with E-state index < -0.39 is 0 Å². The lowest BCUT2D eigenvalue weighted by atomic mass is 9.92. The predicted molar refractivity (Wildman–Crippen MR) is 67.4 cm³/mol. The molecule has 0 aromatic heterocycles. The van der Waals surface area contributed by atoms with Gasteiger partial charge in [0.15, 0.2) is 0 Å². The molecule has 0 fully saturated rings. The van der Waals surface area contributed by atoms with Crippen LogP contribution in [0.25, 0.3) is 11.1 Å². The maximum absolute atomic E-state index is 9.26. The first-order valence-corrected chi connectivity index (χ1v) is 5.58. The van der Waals surface area contributed by atoms with Gasteiger partial charge in [0.05, 0.1) is 0 Å². The van der Waals surface area contributed by atoms with Gasteiger partial charge in [0.2, 0.25) is 0 Å². The lowest BCUT2D eigenvalue weighted by molar-refractivity contribution is 0.273. The van der Waals surface area contributed by atoms with Gasteiger partial charge in [-0.05, 0) is 16.7 Å². The highest BCUT2D eigenvalue weighted by Gasteiger charge is 2.09. The lowest BCUT2D eigenvalue weighted by Gasteiger charge is -2.14. The highest BCUT2D eigenvalue weighted by Crippen LogP contribution is 2.28. The molecular formula is C15H16O. The normalized spacial score (nSPS) is 12.4. The summed E-state index contributed by atoms with van der Waals surface area (Å²) in [6.07, 6.45) is 0. The van der Waals surface area contributed by atoms with E-state index in [1.807, 2.05) is 37.3 Å². The van der Waals surface area contributed by atoms with Crippen LogP contribution in [0.2, 0.25) is 0 Å². The molecule has 2 aromatic carbocycles. The second kappa shape index (κ2) is 4.95. The molecule has 0 aliphatic rings. The van der Waals surface area contributed by atoms with Crippen LogP contribution in [-0.2, 0) is 0 Å². The summed E-state index contributed by atoms with van der Waals surface area (Å²) in [7, 11) is 0. The summed E-state index contributed by atoms with van der Waals surface area (Å²) in [5.74, 6) is 0.177. The van der Waals surface area contributed by atoms with Crippen LogP contribution in [-0.4, -0.2) is 11.7 Å². The first kappa shape index (κ1) is 10.9. The van der Waals surface area contributed by atoms with Gasteiger partial charge >= 0.3 is 0 Å². The standard InChI is InChI=1S/C15H16O/c1-12(11-16)14-9-5-6-10-15(14)13-7-3-2-4-8-13/h2-10,12,16H,11H2,1H3. The van der Waals surface area contributed by atoms with Crippen molar-refractivity contribution in [2.75, 3.05) is 6.61 Å². The third-order valence-corrected chi connectivity index (χ3v) is 2.85. The number of aliphatic hydroxyl groups excluding tert-OH is 1. The first-order valence-electron chi connectivity index (χ1n) is 5.58. The van der Waals surface area contributed by atoms with E-state index in [4.69, 9.17) is 0 Å². The van der Waals surface area contributed by atoms with Crippen LogP contribution in [0.15, 0.2) is 54.6 Å². The van der Waals surface area contributed by atoms with E-state index in [-0.39, 0.29) is 12.5 Å². The van der Waals surface area contributed by atoms with Crippen molar-refractivity contribution >= 4 is 0 Å². The number of aliphatic hydroxyl groups is 1. The van der Waals surface area contributed by atoms with Crippen molar-refractivity contribution in [3.05, 3.63) is 60.2 Å². The molecule has 0 amide bonds. The number of benzene rings is 2. The molecule has 0 aliphatic heterocycles. The monoisotopic (exact) mass is 212 g/mol. The van der Waals surface area contributed by atoms with Crippen LogP contribution in [0.1, 0.15) is 18.4 Å². The summed E-state index contributed by atoms with van der Waals surface area (Å²) in [5, 5.41) is 9.26. The number of hydrogen-bond donors (Lipinski definition) is 1. The van der Waals surface area contributed by atoms with Gasteiger partial charge in [-0.25, -0.2) is 0 Å². The van der Waals surface area contributed by atoms with Gasteiger partial charge in [-0.2, -0.15) is 0 Å². The van der Waals surface area contributed by atoms with Crippen LogP contribution < -0.4 is 0 Å². The van der Waals surface area contributed by atoms with Crippen molar-refractivity contribution in [2.45, 2.75) is 12.8 Å². The third kappa shape index (κ3) is 2.15. The minimum Gasteiger partial charge on any atom is -0.396 e. The zero-order valence-corrected chi connectivity index (χ0v) is 9.43. The van der Waals surface area contributed by atoms with Crippen molar-refractivity contribution in [3.8, 4) is 11.1 Å². The second-order valence-electron chi connectivity index (χ2n) is 4.04. The SMILES string of the molecule is CC(CO)c1ccccc1-c1ccccc1. The van der Waals surface area contributed by atoms with E-state index in [1.54, 1.807) is 0 Å². The molecule has 1 heteroatoms. The largest absolute Gasteiger partial charge is 0.396 e. The van der Waals surface area contributed by atoms with Crippen LogP contribution in [0.4, 0.5) is 0 Å². The molecule has 1 N–H and O–H groups in total. The van der Waals surface area contributed by atoms with E-state index in [1.165, 1.54) is 16.7 Å². The van der Waals surface area contributed by atoms with Crippen LogP contribution >= 0.6 is 0 Å². The third-order valence-electron chi connectivity index (χ3n) is 2.85. The van der Waals surface area contributed by atoms with E-state index in [9.17, 15) is 5.11 Å². The number of hydrogen-bond acceptors (Lipinski definition) is 1. The van der Waals surface area contributed by atoms with E-state index >= 15 is 0 Å². The molecule has 1 atom stereocenters. The second-order valence-corrected chi connectivity index (χ2v) is 4.04. The molecule has 16 heavy (non-hydrogen) atoms. The molecule has 0 heterocycles. The Bertz CT molecular complexity index is 448. The highest BCUT2D eigenvalue weighted by atomic mass is 16.3. The average molecular weight is 212 g/mol. The molecule has 0 saturated carbocycles. The predicted octanol–water partition coefficient (Wildman–Crippen LogP) is 3.45. The summed E-state index contributed by atoms with van der Waals surface area (Å²) in [6, 6.07) is 18.5. The van der Waals surface area contributed by atoms with Crippen LogP contribution in [0.5, 0.6) is 0 Å². The molecule has 0 radical (unpaired) electrons. The van der Waals surface area contributed by atoms with E-state index in [2.05, 4.69) is 24.3 Å². The summed E-state index contributed by atoms with van der Waals surface area (Å²) in [4.78, 5) is 0. The molecular weight excluding hydrogens is 196 g/mol. The molecule has 1 unspecified atom stereocenters. The van der Waals surface area contributed by atoms with Gasteiger partial charge in [0.25, 0.3) is 0 Å². The minimum atomic E-state index is 0.177. The van der Waals surface area contributed by atoms with Gasteiger partial charge < -0.3 is 5.11 Å². The fourth-order valence-corrected chi connectivity index (χ4v) is 1.91. The van der Waals surface area contributed by atoms with E-state index in [0.717, 1.165) is 0 Å². The van der Waals surface area contributed by atoms with Crippen LogP contribution in [0, 0.1) is 0 Å². The Morgan fingerprint density at radius 1 is 0.938 bits per heavy atom. The van der Waals surface area contributed by atoms with E-state index in [0.29, 0.717) is 0 Å². The topological polar surface area (TPSA) is 20.2 Å². The summed E-state index contributed by atoms with van der Waals surface area (Å²) in [6.45, 7) is 2.23. The highest BCUT2D eigenvalue weighted by molar-refractivity contribution is 5.67. The average Bonchev–Trinajstić information content (AvgIpc) is 2.39. The van der Waals surface area contributed by atoms with Crippen molar-refractivity contribution in [3.63, 3.8) is 0 Å². The Hall–Kier alpha value is -1.60. The molecule has 2 aromatic rings. The molecule has 1 nitrogen and oxygen atoms in total. The quantitative estimate of drug-likeness (QED) is 0.826. The van der Waals surface area contributed by atoms with Gasteiger partial charge in [0.1, 0.15) is 0 Å². The number of rotatable bonds is 3. The maximum Gasteiger partial charge on any atom is 0.0497 e. The lowest BCUT2D eigenvalue weighted by Crippen LogP contribution is -2.00. The molecule has 0 spiro atoms. The van der Waals surface area contributed by atoms with Crippen molar-refractivity contribution in [2.24, 2.45) is 0 Å². The fraction of sp³-hybridized carbons (Fsp3) is 0.200. The fourth-order valence-electron chi connectivity index (χ4n) is 1.91. The summed E-state index contributed by atoms with van der Waals surface area (Å²) < 4.78 is 0. The molecule has 0 bridgehead atoms. The Labute approximate surface area is 96.4 Å². The van der Waals surface area contributed by atoms with Crippen molar-refractivity contribution < 1.29 is 5.11 Å².